The second kappa shape index (κ2) is 4.05. The second-order valence-corrected chi connectivity index (χ2v) is 6.03. The number of aromatic hydroxyl groups is 2. The molecule has 2 aliphatic heterocycles. The number of ether oxygens (including phenoxy) is 1. The molecular weight excluding hydrogens is 278 g/mol. The van der Waals surface area contributed by atoms with E-state index < -0.39 is 0 Å². The van der Waals surface area contributed by atoms with Gasteiger partial charge in [-0.1, -0.05) is 30.3 Å². The van der Waals surface area contributed by atoms with Crippen LogP contribution in [0.15, 0.2) is 42.5 Å². The number of fused-ring (bicyclic) bond motifs is 6. The van der Waals surface area contributed by atoms with Gasteiger partial charge in [-0.05, 0) is 35.7 Å². The van der Waals surface area contributed by atoms with Gasteiger partial charge in [0.15, 0.2) is 0 Å². The molecule has 5 rings (SSSR count). The summed E-state index contributed by atoms with van der Waals surface area (Å²) in [5, 5.41) is 23.4. The fraction of sp³-hybridized carbons (Fsp3) is 0.222. The third-order valence-electron chi connectivity index (χ3n) is 4.85. The van der Waals surface area contributed by atoms with E-state index >= 15 is 0 Å². The van der Waals surface area contributed by atoms with E-state index in [1.54, 1.807) is 0 Å². The fourth-order valence-electron chi connectivity index (χ4n) is 3.84. The molecule has 2 aliphatic rings. The van der Waals surface area contributed by atoms with Crippen LogP contribution in [-0.4, -0.2) is 14.8 Å². The topological polar surface area (TPSA) is 54.6 Å². The molecule has 2 N–H and O–H groups in total. The highest BCUT2D eigenvalue weighted by atomic mass is 16.5. The van der Waals surface area contributed by atoms with E-state index in [4.69, 9.17) is 4.74 Å². The number of aromatic nitrogens is 1. The normalized spacial score (nSPS) is 22.4. The highest BCUT2D eigenvalue weighted by Crippen LogP contribution is 2.58. The molecule has 2 bridgehead atoms. The highest BCUT2D eigenvalue weighted by molar-refractivity contribution is 5.84. The van der Waals surface area contributed by atoms with Gasteiger partial charge in [-0.2, -0.15) is 0 Å². The van der Waals surface area contributed by atoms with Crippen LogP contribution >= 0.6 is 0 Å². The minimum absolute atomic E-state index is 0.0763. The highest BCUT2D eigenvalue weighted by Gasteiger charge is 2.45. The Morgan fingerprint density at radius 1 is 0.864 bits per heavy atom. The number of benzene rings is 2. The molecule has 1 fully saturated rings. The van der Waals surface area contributed by atoms with Crippen molar-refractivity contribution in [1.29, 1.82) is 0 Å². The van der Waals surface area contributed by atoms with E-state index in [1.165, 1.54) is 4.57 Å². The molecular formula is C18H15NO3. The molecule has 4 nitrogen and oxygen atoms in total. The van der Waals surface area contributed by atoms with Gasteiger partial charge in [-0.25, -0.2) is 0 Å². The third kappa shape index (κ3) is 1.40. The summed E-state index contributed by atoms with van der Waals surface area (Å²) in [7, 11) is 0. The number of hydrogen-bond donors (Lipinski definition) is 2. The van der Waals surface area contributed by atoms with Gasteiger partial charge < -0.3 is 14.9 Å². The van der Waals surface area contributed by atoms with Gasteiger partial charge in [-0.3, -0.25) is 4.57 Å². The van der Waals surface area contributed by atoms with Crippen LogP contribution < -0.4 is 0 Å². The summed E-state index contributed by atoms with van der Waals surface area (Å²) >= 11 is 0. The van der Waals surface area contributed by atoms with Crippen LogP contribution in [0, 0.1) is 0 Å². The summed E-state index contributed by atoms with van der Waals surface area (Å²) in [6.07, 6.45) is 1.67. The van der Waals surface area contributed by atoms with Crippen molar-refractivity contribution in [2.24, 2.45) is 0 Å². The molecule has 1 aromatic heterocycles. The lowest BCUT2D eigenvalue weighted by molar-refractivity contribution is 0.0683. The minimum Gasteiger partial charge on any atom is -0.494 e. The maximum absolute atomic E-state index is 10.6. The molecule has 0 aliphatic carbocycles. The third-order valence-corrected chi connectivity index (χ3v) is 4.85. The smallest absolute Gasteiger partial charge is 0.205 e. The standard InChI is InChI=1S/C18H15NO3/c20-17-15-13-7-8-14(22-13)16(15)18(21)19(17)12-6-5-10-3-1-2-4-11(10)9-12/h1-6,9,13-14,20-21H,7-8H2/t13-,14+. The number of rotatable bonds is 1. The predicted octanol–water partition coefficient (Wildman–Crippen LogP) is 3.95. The Labute approximate surface area is 127 Å². The number of hydrogen-bond acceptors (Lipinski definition) is 3. The summed E-state index contributed by atoms with van der Waals surface area (Å²) in [6, 6.07) is 13.9. The number of nitrogens with zero attached hydrogens (tertiary/aromatic N) is 1. The van der Waals surface area contributed by atoms with E-state index in [-0.39, 0.29) is 24.0 Å². The van der Waals surface area contributed by atoms with Crippen molar-refractivity contribution in [2.45, 2.75) is 25.0 Å². The van der Waals surface area contributed by atoms with Gasteiger partial charge in [-0.15, -0.1) is 0 Å². The molecule has 0 unspecified atom stereocenters. The van der Waals surface area contributed by atoms with Gasteiger partial charge >= 0.3 is 0 Å². The van der Waals surface area contributed by atoms with E-state index in [1.807, 2.05) is 42.5 Å². The van der Waals surface area contributed by atoms with Crippen LogP contribution in [0.4, 0.5) is 0 Å². The van der Waals surface area contributed by atoms with Gasteiger partial charge in [0.25, 0.3) is 0 Å². The van der Waals surface area contributed by atoms with Crippen LogP contribution in [0.25, 0.3) is 16.5 Å². The van der Waals surface area contributed by atoms with Gasteiger partial charge in [0.2, 0.25) is 11.8 Å². The Balaban J connectivity index is 1.75. The first-order chi connectivity index (χ1) is 10.7. The van der Waals surface area contributed by atoms with Crippen molar-refractivity contribution >= 4 is 10.8 Å². The Morgan fingerprint density at radius 3 is 2.18 bits per heavy atom. The lowest BCUT2D eigenvalue weighted by atomic mass is 9.95. The zero-order valence-electron chi connectivity index (χ0n) is 11.9. The molecule has 2 atom stereocenters. The van der Waals surface area contributed by atoms with Crippen molar-refractivity contribution in [1.82, 2.24) is 4.57 Å². The van der Waals surface area contributed by atoms with Crippen molar-refractivity contribution in [2.75, 3.05) is 0 Å². The fourth-order valence-corrected chi connectivity index (χ4v) is 3.84. The van der Waals surface area contributed by atoms with Crippen molar-refractivity contribution in [3.8, 4) is 17.4 Å². The largest absolute Gasteiger partial charge is 0.494 e. The van der Waals surface area contributed by atoms with Gasteiger partial charge in [0.1, 0.15) is 0 Å². The average molecular weight is 293 g/mol. The molecule has 2 aromatic carbocycles. The maximum atomic E-state index is 10.6. The molecule has 1 saturated heterocycles. The Kier molecular flexibility index (Phi) is 2.23. The molecule has 0 amide bonds. The Morgan fingerprint density at radius 2 is 1.50 bits per heavy atom. The molecule has 3 heterocycles. The summed E-state index contributed by atoms with van der Waals surface area (Å²) in [4.78, 5) is 0. The van der Waals surface area contributed by atoms with Crippen LogP contribution in [0.2, 0.25) is 0 Å². The first kappa shape index (κ1) is 12.1. The lowest BCUT2D eigenvalue weighted by Crippen LogP contribution is -1.96. The van der Waals surface area contributed by atoms with Gasteiger partial charge in [0, 0.05) is 0 Å². The summed E-state index contributed by atoms with van der Waals surface area (Å²) in [6.45, 7) is 0. The average Bonchev–Trinajstić information content (AvgIpc) is 3.21. The zero-order valence-corrected chi connectivity index (χ0v) is 11.9. The van der Waals surface area contributed by atoms with Crippen LogP contribution in [0.1, 0.15) is 36.2 Å². The van der Waals surface area contributed by atoms with E-state index in [0.29, 0.717) is 0 Å². The Bertz CT molecular complexity index is 879. The molecule has 22 heavy (non-hydrogen) atoms. The van der Waals surface area contributed by atoms with Gasteiger partial charge in [0.05, 0.1) is 29.0 Å². The second-order valence-electron chi connectivity index (χ2n) is 6.03. The molecule has 0 saturated carbocycles. The first-order valence-corrected chi connectivity index (χ1v) is 7.55. The monoisotopic (exact) mass is 293 g/mol. The molecule has 0 radical (unpaired) electrons. The van der Waals surface area contributed by atoms with Crippen LogP contribution in [-0.2, 0) is 4.74 Å². The SMILES string of the molecule is Oc1c2c(c(O)n1-c1ccc3ccccc3c1)[C@H]1CC[C@@H]2O1. The first-order valence-electron chi connectivity index (χ1n) is 7.55. The Hall–Kier alpha value is -2.46. The summed E-state index contributed by atoms with van der Waals surface area (Å²) in [5.41, 5.74) is 2.30. The molecule has 4 heteroatoms. The maximum Gasteiger partial charge on any atom is 0.205 e. The minimum atomic E-state index is -0.0763. The lowest BCUT2D eigenvalue weighted by Gasteiger charge is -2.11. The molecule has 3 aromatic rings. The van der Waals surface area contributed by atoms with E-state index in [9.17, 15) is 10.2 Å². The summed E-state index contributed by atoms with van der Waals surface area (Å²) in [5.74, 6) is 0.213. The quantitative estimate of drug-likeness (QED) is 0.714. The van der Waals surface area contributed by atoms with Crippen molar-refractivity contribution in [3.63, 3.8) is 0 Å². The van der Waals surface area contributed by atoms with E-state index in [0.717, 1.165) is 40.4 Å². The summed E-state index contributed by atoms with van der Waals surface area (Å²) < 4.78 is 7.30. The van der Waals surface area contributed by atoms with E-state index in [2.05, 4.69) is 0 Å². The predicted molar refractivity (Wildman–Crippen MR) is 82.4 cm³/mol. The molecule has 110 valence electrons. The zero-order chi connectivity index (χ0) is 14.8. The van der Waals surface area contributed by atoms with Crippen molar-refractivity contribution < 1.29 is 14.9 Å². The van der Waals surface area contributed by atoms with Crippen molar-refractivity contribution in [3.05, 3.63) is 53.6 Å². The van der Waals surface area contributed by atoms with Crippen LogP contribution in [0.5, 0.6) is 11.8 Å². The molecule has 0 spiro atoms. The van der Waals surface area contributed by atoms with Crippen LogP contribution in [0.3, 0.4) is 0 Å².